The lowest BCUT2D eigenvalue weighted by Gasteiger charge is -2.16. The molecule has 0 bridgehead atoms. The van der Waals surface area contributed by atoms with E-state index in [9.17, 15) is 4.39 Å². The summed E-state index contributed by atoms with van der Waals surface area (Å²) in [4.78, 5) is 0. The molecule has 1 atom stereocenters. The number of fused-ring (bicyclic) bond motifs is 1. The van der Waals surface area contributed by atoms with Gasteiger partial charge in [0.1, 0.15) is 5.82 Å². The van der Waals surface area contributed by atoms with Gasteiger partial charge in [-0.15, -0.1) is 0 Å². The van der Waals surface area contributed by atoms with Gasteiger partial charge in [-0.3, -0.25) is 0 Å². The molecule has 1 unspecified atom stereocenters. The lowest BCUT2D eigenvalue weighted by molar-refractivity contribution is 0.528. The molecule has 1 aliphatic rings. The molecule has 0 saturated carbocycles. The van der Waals surface area contributed by atoms with Crippen LogP contribution >= 0.6 is 0 Å². The Morgan fingerprint density at radius 2 is 2.05 bits per heavy atom. The van der Waals surface area contributed by atoms with Crippen LogP contribution in [-0.4, -0.2) is 6.54 Å². The Morgan fingerprint density at radius 1 is 1.20 bits per heavy atom. The van der Waals surface area contributed by atoms with Crippen LogP contribution in [0.25, 0.3) is 0 Å². The van der Waals surface area contributed by atoms with E-state index in [1.807, 2.05) is 19.1 Å². The molecule has 3 rings (SSSR count). The van der Waals surface area contributed by atoms with Gasteiger partial charge in [-0.1, -0.05) is 36.4 Å². The van der Waals surface area contributed by atoms with E-state index in [4.69, 9.17) is 0 Å². The van der Waals surface area contributed by atoms with Crippen LogP contribution in [0.15, 0.2) is 42.5 Å². The van der Waals surface area contributed by atoms with E-state index >= 15 is 0 Å². The van der Waals surface area contributed by atoms with Gasteiger partial charge in [0.15, 0.2) is 0 Å². The molecule has 20 heavy (non-hydrogen) atoms. The van der Waals surface area contributed by atoms with Crippen LogP contribution in [0.4, 0.5) is 10.1 Å². The predicted molar refractivity (Wildman–Crippen MR) is 80.3 cm³/mol. The Hall–Kier alpha value is -1.87. The molecule has 1 heterocycles. The monoisotopic (exact) mass is 270 g/mol. The zero-order valence-electron chi connectivity index (χ0n) is 11.6. The first-order valence-corrected chi connectivity index (χ1v) is 7.08. The fourth-order valence-electron chi connectivity index (χ4n) is 2.76. The average molecular weight is 270 g/mol. The molecule has 0 spiro atoms. The number of halogens is 1. The minimum atomic E-state index is -0.149. The SMILES string of the molecule is CC(NCc1cccc2c1NCC2)c1ccccc1F. The van der Waals surface area contributed by atoms with Crippen molar-refractivity contribution >= 4 is 5.69 Å². The van der Waals surface area contributed by atoms with Crippen molar-refractivity contribution in [3.63, 3.8) is 0 Å². The standard InChI is InChI=1S/C17H19FN2/c1-12(15-7-2-3-8-16(15)18)20-11-14-6-4-5-13-9-10-19-17(13)14/h2-8,12,19-20H,9-11H2,1H3. The third kappa shape index (κ3) is 2.54. The molecule has 0 amide bonds. The van der Waals surface area contributed by atoms with Crippen molar-refractivity contribution in [3.8, 4) is 0 Å². The van der Waals surface area contributed by atoms with Crippen LogP contribution in [0.3, 0.4) is 0 Å². The minimum Gasteiger partial charge on any atom is -0.384 e. The average Bonchev–Trinajstić information content (AvgIpc) is 2.94. The molecule has 0 saturated heterocycles. The van der Waals surface area contributed by atoms with E-state index in [2.05, 4.69) is 28.8 Å². The Bertz CT molecular complexity index is 610. The second-order valence-electron chi connectivity index (χ2n) is 5.25. The third-order valence-electron chi connectivity index (χ3n) is 3.90. The molecule has 0 aromatic heterocycles. The molecule has 2 aromatic rings. The molecule has 0 radical (unpaired) electrons. The highest BCUT2D eigenvalue weighted by Crippen LogP contribution is 2.27. The molecule has 104 valence electrons. The molecule has 2 aromatic carbocycles. The first kappa shape index (κ1) is 13.1. The zero-order valence-corrected chi connectivity index (χ0v) is 11.6. The number of anilines is 1. The van der Waals surface area contributed by atoms with Gasteiger partial charge in [0.2, 0.25) is 0 Å². The van der Waals surface area contributed by atoms with Crippen LogP contribution in [0, 0.1) is 5.82 Å². The summed E-state index contributed by atoms with van der Waals surface area (Å²) in [7, 11) is 0. The van der Waals surface area contributed by atoms with Gasteiger partial charge < -0.3 is 10.6 Å². The van der Waals surface area contributed by atoms with Gasteiger partial charge in [-0.25, -0.2) is 4.39 Å². The fourth-order valence-corrected chi connectivity index (χ4v) is 2.76. The molecule has 2 nitrogen and oxygen atoms in total. The normalized spacial score (nSPS) is 14.7. The van der Waals surface area contributed by atoms with Crippen LogP contribution < -0.4 is 10.6 Å². The van der Waals surface area contributed by atoms with E-state index in [1.54, 1.807) is 6.07 Å². The smallest absolute Gasteiger partial charge is 0.127 e. The maximum absolute atomic E-state index is 13.7. The van der Waals surface area contributed by atoms with Gasteiger partial charge in [0.05, 0.1) is 0 Å². The first-order valence-electron chi connectivity index (χ1n) is 7.08. The van der Waals surface area contributed by atoms with Gasteiger partial charge in [-0.05, 0) is 30.5 Å². The largest absolute Gasteiger partial charge is 0.384 e. The number of rotatable bonds is 4. The lowest BCUT2D eigenvalue weighted by Crippen LogP contribution is -2.19. The summed E-state index contributed by atoms with van der Waals surface area (Å²) in [6.07, 6.45) is 1.09. The Kier molecular flexibility index (Phi) is 3.70. The summed E-state index contributed by atoms with van der Waals surface area (Å²) < 4.78 is 13.7. The summed E-state index contributed by atoms with van der Waals surface area (Å²) >= 11 is 0. The maximum Gasteiger partial charge on any atom is 0.127 e. The van der Waals surface area contributed by atoms with E-state index < -0.39 is 0 Å². The van der Waals surface area contributed by atoms with Gasteiger partial charge >= 0.3 is 0 Å². The molecule has 0 fully saturated rings. The molecule has 0 aliphatic carbocycles. The maximum atomic E-state index is 13.7. The van der Waals surface area contributed by atoms with Gasteiger partial charge in [0, 0.05) is 30.4 Å². The predicted octanol–water partition coefficient (Wildman–Crippen LogP) is 3.64. The van der Waals surface area contributed by atoms with E-state index in [1.165, 1.54) is 22.9 Å². The summed E-state index contributed by atoms with van der Waals surface area (Å²) in [6.45, 7) is 3.75. The number of hydrogen-bond acceptors (Lipinski definition) is 2. The summed E-state index contributed by atoms with van der Waals surface area (Å²) in [5.74, 6) is -0.149. The molecular weight excluding hydrogens is 251 g/mol. The van der Waals surface area contributed by atoms with Crippen molar-refractivity contribution in [2.45, 2.75) is 25.9 Å². The molecule has 2 N–H and O–H groups in total. The van der Waals surface area contributed by atoms with Crippen molar-refractivity contribution in [2.75, 3.05) is 11.9 Å². The minimum absolute atomic E-state index is 0.00606. The molecular formula is C17H19FN2. The van der Waals surface area contributed by atoms with E-state index in [-0.39, 0.29) is 11.9 Å². The molecule has 1 aliphatic heterocycles. The molecule has 3 heteroatoms. The first-order chi connectivity index (χ1) is 9.75. The Morgan fingerprint density at radius 3 is 2.90 bits per heavy atom. The van der Waals surface area contributed by atoms with Crippen molar-refractivity contribution < 1.29 is 4.39 Å². The lowest BCUT2D eigenvalue weighted by atomic mass is 10.1. The quantitative estimate of drug-likeness (QED) is 0.886. The Labute approximate surface area is 119 Å². The number of hydrogen-bond donors (Lipinski definition) is 2. The van der Waals surface area contributed by atoms with Crippen molar-refractivity contribution in [2.24, 2.45) is 0 Å². The van der Waals surface area contributed by atoms with Crippen molar-refractivity contribution in [3.05, 3.63) is 65.0 Å². The van der Waals surface area contributed by atoms with Crippen LogP contribution in [0.2, 0.25) is 0 Å². The summed E-state index contributed by atoms with van der Waals surface area (Å²) in [5, 5.41) is 6.84. The third-order valence-corrected chi connectivity index (χ3v) is 3.90. The summed E-state index contributed by atoms with van der Waals surface area (Å²) in [5.41, 5.74) is 4.60. The summed E-state index contributed by atoms with van der Waals surface area (Å²) in [6, 6.07) is 13.3. The topological polar surface area (TPSA) is 24.1 Å². The fraction of sp³-hybridized carbons (Fsp3) is 0.294. The number of para-hydroxylation sites is 1. The van der Waals surface area contributed by atoms with E-state index in [0.29, 0.717) is 5.56 Å². The van der Waals surface area contributed by atoms with Crippen molar-refractivity contribution in [1.29, 1.82) is 0 Å². The number of benzene rings is 2. The van der Waals surface area contributed by atoms with Crippen LogP contribution in [0.1, 0.15) is 29.7 Å². The van der Waals surface area contributed by atoms with Crippen LogP contribution in [-0.2, 0) is 13.0 Å². The zero-order chi connectivity index (χ0) is 13.9. The second-order valence-corrected chi connectivity index (χ2v) is 5.25. The Balaban J connectivity index is 1.71. The van der Waals surface area contributed by atoms with Crippen LogP contribution in [0.5, 0.6) is 0 Å². The van der Waals surface area contributed by atoms with Gasteiger partial charge in [0.25, 0.3) is 0 Å². The highest BCUT2D eigenvalue weighted by atomic mass is 19.1. The number of nitrogens with one attached hydrogen (secondary N) is 2. The van der Waals surface area contributed by atoms with E-state index in [0.717, 1.165) is 19.5 Å². The van der Waals surface area contributed by atoms with Crippen molar-refractivity contribution in [1.82, 2.24) is 5.32 Å². The highest BCUT2D eigenvalue weighted by molar-refractivity contribution is 5.61. The highest BCUT2D eigenvalue weighted by Gasteiger charge is 2.15. The second kappa shape index (κ2) is 5.63. The van der Waals surface area contributed by atoms with Gasteiger partial charge in [-0.2, -0.15) is 0 Å².